The van der Waals surface area contributed by atoms with Crippen molar-refractivity contribution in [2.45, 2.75) is 31.5 Å². The summed E-state index contributed by atoms with van der Waals surface area (Å²) >= 11 is 12.3. The molecule has 1 heterocycles. The third-order valence-electron chi connectivity index (χ3n) is 4.05. The van der Waals surface area contributed by atoms with Crippen LogP contribution < -0.4 is 10.6 Å². The Balaban J connectivity index is 1.65. The van der Waals surface area contributed by atoms with E-state index in [4.69, 9.17) is 23.2 Å². The fourth-order valence-corrected chi connectivity index (χ4v) is 3.10. The Morgan fingerprint density at radius 2 is 2.18 bits per heavy atom. The van der Waals surface area contributed by atoms with Crippen LogP contribution in [0.25, 0.3) is 0 Å². The van der Waals surface area contributed by atoms with E-state index >= 15 is 0 Å². The van der Waals surface area contributed by atoms with Crippen molar-refractivity contribution in [3.63, 3.8) is 0 Å². The van der Waals surface area contributed by atoms with Gasteiger partial charge >= 0.3 is 0 Å². The van der Waals surface area contributed by atoms with Crippen molar-refractivity contribution < 1.29 is 9.90 Å². The number of phenolic OH excluding ortho intramolecular Hbond substituents is 1. The summed E-state index contributed by atoms with van der Waals surface area (Å²) in [5, 5.41) is 16.8. The number of nitrogens with zero attached hydrogens (tertiary/aromatic N) is 1. The number of amides is 1. The van der Waals surface area contributed by atoms with Crippen LogP contribution in [0.4, 0.5) is 0 Å². The standard InChI is InChI=1S/C15H19Cl2N3O2/c16-11-3-4-13(21)14(17)10(11)7-20-6-5-18-12(8-20)15(22)19-9-1-2-9/h3-4,9,12,18,21H,1-2,5-8H2,(H,19,22). The monoisotopic (exact) mass is 343 g/mol. The van der Waals surface area contributed by atoms with Crippen molar-refractivity contribution in [1.82, 2.24) is 15.5 Å². The zero-order valence-electron chi connectivity index (χ0n) is 12.1. The normalized spacial score (nSPS) is 22.5. The van der Waals surface area contributed by atoms with Gasteiger partial charge in [-0.1, -0.05) is 23.2 Å². The van der Waals surface area contributed by atoms with Crippen molar-refractivity contribution >= 4 is 29.1 Å². The first-order chi connectivity index (χ1) is 10.5. The van der Waals surface area contributed by atoms with Gasteiger partial charge in [-0.15, -0.1) is 0 Å². The van der Waals surface area contributed by atoms with E-state index in [1.54, 1.807) is 6.07 Å². The van der Waals surface area contributed by atoms with E-state index in [0.717, 1.165) is 25.9 Å². The van der Waals surface area contributed by atoms with Crippen LogP contribution in [0, 0.1) is 0 Å². The van der Waals surface area contributed by atoms with E-state index in [-0.39, 0.29) is 22.7 Å². The number of aromatic hydroxyl groups is 1. The number of hydrogen-bond acceptors (Lipinski definition) is 4. The molecule has 3 rings (SSSR count). The molecule has 1 aromatic carbocycles. The highest BCUT2D eigenvalue weighted by atomic mass is 35.5. The molecule has 1 saturated heterocycles. The van der Waals surface area contributed by atoms with Gasteiger partial charge in [0.25, 0.3) is 0 Å². The maximum absolute atomic E-state index is 12.1. The minimum Gasteiger partial charge on any atom is -0.506 e. The van der Waals surface area contributed by atoms with Gasteiger partial charge in [0.1, 0.15) is 5.75 Å². The summed E-state index contributed by atoms with van der Waals surface area (Å²) < 4.78 is 0. The van der Waals surface area contributed by atoms with Gasteiger partial charge in [0.15, 0.2) is 0 Å². The van der Waals surface area contributed by atoms with E-state index in [9.17, 15) is 9.90 Å². The number of phenols is 1. The molecule has 1 aliphatic heterocycles. The molecule has 0 radical (unpaired) electrons. The van der Waals surface area contributed by atoms with Crippen LogP contribution in [-0.2, 0) is 11.3 Å². The second kappa shape index (κ2) is 6.62. The topological polar surface area (TPSA) is 64.6 Å². The fourth-order valence-electron chi connectivity index (χ4n) is 2.61. The molecule has 120 valence electrons. The third-order valence-corrected chi connectivity index (χ3v) is 4.82. The molecule has 1 atom stereocenters. The molecule has 2 fully saturated rings. The summed E-state index contributed by atoms with van der Waals surface area (Å²) in [6, 6.07) is 3.26. The number of carbonyl (C=O) groups excluding carboxylic acids is 1. The van der Waals surface area contributed by atoms with E-state index in [0.29, 0.717) is 29.7 Å². The summed E-state index contributed by atoms with van der Waals surface area (Å²) in [7, 11) is 0. The molecule has 1 amide bonds. The molecule has 1 saturated carbocycles. The van der Waals surface area contributed by atoms with Gasteiger partial charge in [0.05, 0.1) is 11.1 Å². The van der Waals surface area contributed by atoms with Crippen molar-refractivity contribution in [2.24, 2.45) is 0 Å². The van der Waals surface area contributed by atoms with Crippen LogP contribution in [-0.4, -0.2) is 47.6 Å². The van der Waals surface area contributed by atoms with Gasteiger partial charge in [-0.3, -0.25) is 9.69 Å². The second-order valence-electron chi connectivity index (χ2n) is 5.88. The predicted octanol–water partition coefficient (Wildman–Crippen LogP) is 1.75. The summed E-state index contributed by atoms with van der Waals surface area (Å²) in [5.74, 6) is 0.0829. The molecule has 1 aromatic rings. The van der Waals surface area contributed by atoms with E-state index < -0.39 is 0 Å². The lowest BCUT2D eigenvalue weighted by Gasteiger charge is -2.33. The zero-order chi connectivity index (χ0) is 15.7. The highest BCUT2D eigenvalue weighted by molar-refractivity contribution is 6.36. The Bertz CT molecular complexity index is 578. The van der Waals surface area contributed by atoms with Crippen molar-refractivity contribution in [2.75, 3.05) is 19.6 Å². The summed E-state index contributed by atoms with van der Waals surface area (Å²) in [6.07, 6.45) is 2.16. The number of rotatable bonds is 4. The average Bonchev–Trinajstić information content (AvgIpc) is 3.32. The lowest BCUT2D eigenvalue weighted by molar-refractivity contribution is -0.124. The molecular formula is C15H19Cl2N3O2. The Kier molecular flexibility index (Phi) is 4.78. The van der Waals surface area contributed by atoms with Gasteiger partial charge in [-0.05, 0) is 25.0 Å². The van der Waals surface area contributed by atoms with Crippen LogP contribution in [0.15, 0.2) is 12.1 Å². The van der Waals surface area contributed by atoms with Gasteiger partial charge in [0, 0.05) is 42.8 Å². The van der Waals surface area contributed by atoms with Crippen molar-refractivity contribution in [3.05, 3.63) is 27.7 Å². The molecule has 0 aromatic heterocycles. The number of carbonyl (C=O) groups is 1. The summed E-state index contributed by atoms with van der Waals surface area (Å²) in [4.78, 5) is 14.3. The molecule has 1 aliphatic carbocycles. The highest BCUT2D eigenvalue weighted by Crippen LogP contribution is 2.33. The van der Waals surface area contributed by atoms with Crippen molar-refractivity contribution in [1.29, 1.82) is 0 Å². The predicted molar refractivity (Wildman–Crippen MR) is 86.4 cm³/mol. The van der Waals surface area contributed by atoms with E-state index in [1.165, 1.54) is 6.07 Å². The van der Waals surface area contributed by atoms with Crippen LogP contribution in [0.1, 0.15) is 18.4 Å². The molecule has 3 N–H and O–H groups in total. The average molecular weight is 344 g/mol. The number of nitrogens with one attached hydrogen (secondary N) is 2. The Morgan fingerprint density at radius 1 is 1.41 bits per heavy atom. The molecule has 0 spiro atoms. The Morgan fingerprint density at radius 3 is 2.91 bits per heavy atom. The molecular weight excluding hydrogens is 325 g/mol. The van der Waals surface area contributed by atoms with Crippen LogP contribution >= 0.6 is 23.2 Å². The SMILES string of the molecule is O=C(NC1CC1)C1CN(Cc2c(Cl)ccc(O)c2Cl)CCN1. The van der Waals surface area contributed by atoms with E-state index in [2.05, 4.69) is 15.5 Å². The van der Waals surface area contributed by atoms with Crippen molar-refractivity contribution in [3.8, 4) is 5.75 Å². The first kappa shape index (κ1) is 15.9. The number of benzene rings is 1. The molecule has 0 bridgehead atoms. The smallest absolute Gasteiger partial charge is 0.238 e. The van der Waals surface area contributed by atoms with Gasteiger partial charge in [0.2, 0.25) is 5.91 Å². The maximum Gasteiger partial charge on any atom is 0.238 e. The van der Waals surface area contributed by atoms with Crippen LogP contribution in [0.3, 0.4) is 0 Å². The number of piperazine rings is 1. The fraction of sp³-hybridized carbons (Fsp3) is 0.533. The van der Waals surface area contributed by atoms with Gasteiger partial charge in [-0.25, -0.2) is 0 Å². The molecule has 5 nitrogen and oxygen atoms in total. The highest BCUT2D eigenvalue weighted by Gasteiger charge is 2.30. The second-order valence-corrected chi connectivity index (χ2v) is 6.67. The minimum absolute atomic E-state index is 0.0271. The van der Waals surface area contributed by atoms with Gasteiger partial charge < -0.3 is 15.7 Å². The Hall–Kier alpha value is -1.01. The number of hydrogen-bond donors (Lipinski definition) is 3. The molecule has 7 heteroatoms. The first-order valence-corrected chi connectivity index (χ1v) is 8.22. The summed E-state index contributed by atoms with van der Waals surface area (Å²) in [6.45, 7) is 2.65. The van der Waals surface area contributed by atoms with Crippen LogP contribution in [0.2, 0.25) is 10.0 Å². The lowest BCUT2D eigenvalue weighted by Crippen LogP contribution is -2.57. The number of halogens is 2. The Labute approximate surface area is 139 Å². The molecule has 22 heavy (non-hydrogen) atoms. The third kappa shape index (κ3) is 3.66. The quantitative estimate of drug-likeness (QED) is 0.779. The maximum atomic E-state index is 12.1. The largest absolute Gasteiger partial charge is 0.506 e. The first-order valence-electron chi connectivity index (χ1n) is 7.46. The van der Waals surface area contributed by atoms with Crippen LogP contribution in [0.5, 0.6) is 5.75 Å². The lowest BCUT2D eigenvalue weighted by atomic mass is 10.1. The minimum atomic E-state index is -0.218. The van der Waals surface area contributed by atoms with Gasteiger partial charge in [-0.2, -0.15) is 0 Å². The zero-order valence-corrected chi connectivity index (χ0v) is 13.6. The summed E-state index contributed by atoms with van der Waals surface area (Å²) in [5.41, 5.74) is 0.701. The molecule has 1 unspecified atom stereocenters. The molecule has 2 aliphatic rings. The van der Waals surface area contributed by atoms with E-state index in [1.807, 2.05) is 0 Å².